The van der Waals surface area contributed by atoms with E-state index in [-0.39, 0.29) is 12.2 Å². The number of aromatic nitrogens is 1. The highest BCUT2D eigenvalue weighted by molar-refractivity contribution is 6.28. The zero-order chi connectivity index (χ0) is 40.3. The summed E-state index contributed by atoms with van der Waals surface area (Å²) in [6.07, 6.45) is 7.82. The molecule has 0 saturated heterocycles. The fraction of sp³-hybridized carbons (Fsp3) is 0.0909. The Morgan fingerprint density at radius 3 is 1.85 bits per heavy atom. The van der Waals surface area contributed by atoms with Gasteiger partial charge in [-0.1, -0.05) is 160 Å². The van der Waals surface area contributed by atoms with Crippen LogP contribution in [0.25, 0.3) is 76.7 Å². The van der Waals surface area contributed by atoms with Crippen molar-refractivity contribution in [3.63, 3.8) is 0 Å². The van der Waals surface area contributed by atoms with E-state index >= 15 is 0 Å². The van der Waals surface area contributed by atoms with Gasteiger partial charge in [-0.25, -0.2) is 0 Å². The Morgan fingerprint density at radius 2 is 1.19 bits per heavy atom. The first-order valence-corrected chi connectivity index (χ1v) is 20.6. The lowest BCUT2D eigenvalue weighted by molar-refractivity contribution is 0.442. The van der Waals surface area contributed by atoms with Crippen LogP contribution >= 0.6 is 0 Å². The first-order valence-electron chi connectivity index (χ1n) is 20.6. The summed E-state index contributed by atoms with van der Waals surface area (Å²) in [5, 5.41) is 17.6. The van der Waals surface area contributed by atoms with E-state index in [0.717, 1.165) is 38.9 Å². The van der Waals surface area contributed by atoms with Crippen LogP contribution in [0.4, 0.5) is 0 Å². The van der Waals surface area contributed by atoms with Crippen molar-refractivity contribution in [1.82, 2.24) is 15.2 Å². The van der Waals surface area contributed by atoms with Crippen LogP contribution in [-0.4, -0.2) is 4.57 Å². The summed E-state index contributed by atoms with van der Waals surface area (Å²) in [6.45, 7) is 9.42. The fourth-order valence-corrected chi connectivity index (χ4v) is 8.55. The molecule has 0 spiro atoms. The molecular formula is C55H47N3O. The SMILES string of the molecule is C1=C(c2ccc3oc4ccccc4c3c2)NC(c2ccccc2)NC1c1cccc(-n2c3ccc4ccccc4c3c3c4ccccc4ccc32)c1.C=C/C=C/C.CC. The highest BCUT2D eigenvalue weighted by atomic mass is 16.3. The molecule has 288 valence electrons. The summed E-state index contributed by atoms with van der Waals surface area (Å²) in [5.74, 6) is 0. The number of allylic oxidation sites excluding steroid dienone is 3. The molecule has 0 amide bonds. The maximum absolute atomic E-state index is 6.18. The van der Waals surface area contributed by atoms with E-state index in [2.05, 4.69) is 186 Å². The van der Waals surface area contributed by atoms with Gasteiger partial charge < -0.3 is 14.3 Å². The molecule has 1 aliphatic heterocycles. The minimum absolute atomic E-state index is 0.0482. The van der Waals surface area contributed by atoms with Crippen molar-refractivity contribution in [2.45, 2.75) is 33.0 Å². The second kappa shape index (κ2) is 16.4. The predicted molar refractivity (Wildman–Crippen MR) is 252 cm³/mol. The normalized spacial score (nSPS) is 15.2. The van der Waals surface area contributed by atoms with Crippen LogP contribution in [0, 0.1) is 0 Å². The monoisotopic (exact) mass is 765 g/mol. The maximum Gasteiger partial charge on any atom is 0.135 e. The van der Waals surface area contributed by atoms with Crippen LogP contribution in [0.15, 0.2) is 205 Å². The van der Waals surface area contributed by atoms with Crippen molar-refractivity contribution in [3.05, 3.63) is 217 Å². The van der Waals surface area contributed by atoms with Crippen LogP contribution in [0.5, 0.6) is 0 Å². The van der Waals surface area contributed by atoms with Gasteiger partial charge in [0.2, 0.25) is 0 Å². The Bertz CT molecular complexity index is 3090. The molecule has 10 aromatic rings. The van der Waals surface area contributed by atoms with E-state index in [9.17, 15) is 0 Å². The molecular weight excluding hydrogens is 719 g/mol. The topological polar surface area (TPSA) is 42.1 Å². The fourth-order valence-electron chi connectivity index (χ4n) is 8.55. The standard InChI is InChI=1S/C48H33N3O.C5H8.C2H6/c1-2-13-32(14-3-1)48-49-40(29-41(50-48)34-23-26-45-39(28-34)38-19-8-9-20-44(38)52-45)33-15-10-16-35(27-33)51-42-24-21-30-11-4-6-17-36(30)46(42)47-37-18-7-5-12-31(37)22-25-43(47)51;1-3-5-4-2;1-2/h1-29,40,48-50H;3-5H,1H2,2H3;1-2H3/b;5-4+;. The van der Waals surface area contributed by atoms with Gasteiger partial charge in [0, 0.05) is 32.9 Å². The van der Waals surface area contributed by atoms with Gasteiger partial charge in [-0.15, -0.1) is 0 Å². The highest BCUT2D eigenvalue weighted by Crippen LogP contribution is 2.41. The molecule has 2 N–H and O–H groups in total. The number of nitrogens with one attached hydrogen (secondary N) is 2. The first kappa shape index (κ1) is 37.4. The van der Waals surface area contributed by atoms with Gasteiger partial charge in [0.1, 0.15) is 17.3 Å². The molecule has 4 heteroatoms. The average molecular weight is 766 g/mol. The van der Waals surface area contributed by atoms with E-state index in [0.29, 0.717) is 0 Å². The van der Waals surface area contributed by atoms with Gasteiger partial charge >= 0.3 is 0 Å². The lowest BCUT2D eigenvalue weighted by Crippen LogP contribution is -2.39. The average Bonchev–Trinajstić information content (AvgIpc) is 3.86. The van der Waals surface area contributed by atoms with Crippen LogP contribution in [0.3, 0.4) is 0 Å². The van der Waals surface area contributed by atoms with E-state index in [1.807, 2.05) is 45.1 Å². The van der Waals surface area contributed by atoms with Crippen molar-refractivity contribution >= 4 is 71.0 Å². The number of furan rings is 1. The van der Waals surface area contributed by atoms with Crippen LogP contribution in [0.1, 0.15) is 49.7 Å². The molecule has 1 aliphatic rings. The third kappa shape index (κ3) is 6.88. The van der Waals surface area contributed by atoms with E-state index in [1.54, 1.807) is 6.08 Å². The summed E-state index contributed by atoms with van der Waals surface area (Å²) in [6, 6.07) is 61.0. The summed E-state index contributed by atoms with van der Waals surface area (Å²) in [5.41, 5.74) is 9.96. The van der Waals surface area contributed by atoms with Gasteiger partial charge in [-0.05, 0) is 99.8 Å². The van der Waals surface area contributed by atoms with Crippen molar-refractivity contribution < 1.29 is 4.42 Å². The largest absolute Gasteiger partial charge is 0.456 e. The van der Waals surface area contributed by atoms with Crippen molar-refractivity contribution in [2.24, 2.45) is 0 Å². The summed E-state index contributed by atoms with van der Waals surface area (Å²) < 4.78 is 8.63. The number of rotatable bonds is 5. The van der Waals surface area contributed by atoms with Gasteiger partial charge in [0.25, 0.3) is 0 Å². The molecule has 0 fully saturated rings. The third-order valence-corrected chi connectivity index (χ3v) is 11.2. The quantitative estimate of drug-likeness (QED) is 0.172. The van der Waals surface area contributed by atoms with Gasteiger partial charge in [0.15, 0.2) is 0 Å². The molecule has 2 atom stereocenters. The molecule has 0 saturated carbocycles. The smallest absolute Gasteiger partial charge is 0.135 e. The number of nitrogens with zero attached hydrogens (tertiary/aromatic N) is 1. The Labute approximate surface area is 345 Å². The molecule has 8 aromatic carbocycles. The van der Waals surface area contributed by atoms with Crippen LogP contribution in [-0.2, 0) is 0 Å². The zero-order valence-electron chi connectivity index (χ0n) is 33.7. The van der Waals surface area contributed by atoms with Crippen molar-refractivity contribution in [2.75, 3.05) is 0 Å². The number of fused-ring (bicyclic) bond motifs is 10. The Morgan fingerprint density at radius 1 is 0.576 bits per heavy atom. The lowest BCUT2D eigenvalue weighted by Gasteiger charge is -2.33. The summed E-state index contributed by atoms with van der Waals surface area (Å²) >= 11 is 0. The van der Waals surface area contributed by atoms with E-state index in [4.69, 9.17) is 4.42 Å². The minimum Gasteiger partial charge on any atom is -0.456 e. The minimum atomic E-state index is -0.0855. The molecule has 11 rings (SSSR count). The highest BCUT2D eigenvalue weighted by Gasteiger charge is 2.25. The summed E-state index contributed by atoms with van der Waals surface area (Å²) in [7, 11) is 0. The molecule has 0 aliphatic carbocycles. The Balaban J connectivity index is 0.000000600. The zero-order valence-corrected chi connectivity index (χ0v) is 33.7. The molecule has 2 unspecified atom stereocenters. The van der Waals surface area contributed by atoms with E-state index in [1.165, 1.54) is 54.5 Å². The molecule has 0 radical (unpaired) electrons. The van der Waals surface area contributed by atoms with Crippen molar-refractivity contribution in [1.29, 1.82) is 0 Å². The number of para-hydroxylation sites is 1. The molecule has 3 heterocycles. The van der Waals surface area contributed by atoms with Gasteiger partial charge in [0.05, 0.1) is 17.1 Å². The Kier molecular flexibility index (Phi) is 10.4. The lowest BCUT2D eigenvalue weighted by atomic mass is 9.97. The van der Waals surface area contributed by atoms with Crippen LogP contribution in [0.2, 0.25) is 0 Å². The van der Waals surface area contributed by atoms with Crippen molar-refractivity contribution in [3.8, 4) is 5.69 Å². The maximum atomic E-state index is 6.18. The first-order chi connectivity index (χ1) is 29.2. The Hall–Kier alpha value is -7.14. The number of hydrogen-bond acceptors (Lipinski definition) is 3. The molecule has 59 heavy (non-hydrogen) atoms. The second-order valence-electron chi connectivity index (χ2n) is 14.6. The van der Waals surface area contributed by atoms with Crippen LogP contribution < -0.4 is 10.6 Å². The molecule has 4 nitrogen and oxygen atoms in total. The number of hydrogen-bond donors (Lipinski definition) is 2. The second-order valence-corrected chi connectivity index (χ2v) is 14.6. The molecule has 2 aromatic heterocycles. The van der Waals surface area contributed by atoms with E-state index < -0.39 is 0 Å². The van der Waals surface area contributed by atoms with Gasteiger partial charge in [-0.2, -0.15) is 0 Å². The third-order valence-electron chi connectivity index (χ3n) is 11.2. The predicted octanol–water partition coefficient (Wildman–Crippen LogP) is 14.7. The molecule has 0 bridgehead atoms. The summed E-state index contributed by atoms with van der Waals surface area (Å²) in [4.78, 5) is 0. The van der Waals surface area contributed by atoms with Gasteiger partial charge in [-0.3, -0.25) is 5.32 Å². The number of benzene rings is 8.